The normalized spacial score (nSPS) is 11.8. The topological polar surface area (TPSA) is 38.7 Å². The summed E-state index contributed by atoms with van der Waals surface area (Å²) in [5, 5.41) is 1.11. The van der Waals surface area contributed by atoms with Gasteiger partial charge in [0.25, 0.3) is 0 Å². The van der Waals surface area contributed by atoms with Crippen molar-refractivity contribution in [1.29, 1.82) is 0 Å². The first-order valence-electron chi connectivity index (χ1n) is 6.84. The highest BCUT2D eigenvalue weighted by Gasteiger charge is 2.19. The Morgan fingerprint density at radius 3 is 2.57 bits per heavy atom. The van der Waals surface area contributed by atoms with Gasteiger partial charge in [-0.05, 0) is 40.2 Å². The summed E-state index contributed by atoms with van der Waals surface area (Å²) in [4.78, 5) is 13.6. The van der Waals surface area contributed by atoms with Crippen molar-refractivity contribution in [3.63, 3.8) is 0 Å². The molecular formula is C17H16BrN3. The zero-order valence-corrected chi connectivity index (χ0v) is 13.8. The average Bonchev–Trinajstić information content (AvgIpc) is 2.45. The molecule has 21 heavy (non-hydrogen) atoms. The Bertz CT molecular complexity index is 806. The van der Waals surface area contributed by atoms with Gasteiger partial charge in [0, 0.05) is 22.6 Å². The maximum Gasteiger partial charge on any atom is 0.135 e. The van der Waals surface area contributed by atoms with E-state index < -0.39 is 0 Å². The molecule has 1 aromatic carbocycles. The fourth-order valence-corrected chi connectivity index (χ4v) is 2.52. The standard InChI is InChI=1S/C17H16BrN3/c1-17(2,3)16-20-14(10-15(18)21-16)12-6-7-13-11(9-12)5-4-8-19-13/h4-10H,1-3H3. The second-order valence-electron chi connectivity index (χ2n) is 6.06. The molecule has 0 aliphatic carbocycles. The Balaban J connectivity index is 2.16. The van der Waals surface area contributed by atoms with Crippen LogP contribution in [0.15, 0.2) is 47.2 Å². The third-order valence-electron chi connectivity index (χ3n) is 3.26. The van der Waals surface area contributed by atoms with Crippen molar-refractivity contribution >= 4 is 26.8 Å². The molecule has 3 aromatic rings. The average molecular weight is 342 g/mol. The molecule has 0 amide bonds. The van der Waals surface area contributed by atoms with Gasteiger partial charge in [-0.2, -0.15) is 0 Å². The third-order valence-corrected chi connectivity index (χ3v) is 3.67. The number of rotatable bonds is 1. The zero-order valence-electron chi connectivity index (χ0n) is 12.3. The summed E-state index contributed by atoms with van der Waals surface area (Å²) in [5.74, 6) is 0.832. The van der Waals surface area contributed by atoms with Gasteiger partial charge in [0.1, 0.15) is 10.4 Å². The first kappa shape index (κ1) is 14.1. The van der Waals surface area contributed by atoms with Gasteiger partial charge >= 0.3 is 0 Å². The van der Waals surface area contributed by atoms with E-state index in [-0.39, 0.29) is 5.41 Å². The van der Waals surface area contributed by atoms with Gasteiger partial charge < -0.3 is 0 Å². The van der Waals surface area contributed by atoms with Gasteiger partial charge in [-0.3, -0.25) is 4.98 Å². The predicted molar refractivity (Wildman–Crippen MR) is 89.2 cm³/mol. The predicted octanol–water partition coefficient (Wildman–Crippen LogP) is 4.75. The molecule has 0 saturated carbocycles. The molecule has 0 N–H and O–H groups in total. The smallest absolute Gasteiger partial charge is 0.135 e. The van der Waals surface area contributed by atoms with Gasteiger partial charge in [-0.25, -0.2) is 9.97 Å². The van der Waals surface area contributed by atoms with E-state index in [1.54, 1.807) is 6.20 Å². The fraction of sp³-hybridized carbons (Fsp3) is 0.235. The lowest BCUT2D eigenvalue weighted by atomic mass is 9.95. The van der Waals surface area contributed by atoms with Crippen LogP contribution in [0, 0.1) is 0 Å². The van der Waals surface area contributed by atoms with Crippen LogP contribution in [0.2, 0.25) is 0 Å². The Labute approximate surface area is 132 Å². The molecule has 0 unspecified atom stereocenters. The molecular weight excluding hydrogens is 326 g/mol. The summed E-state index contributed by atoms with van der Waals surface area (Å²) in [7, 11) is 0. The van der Waals surface area contributed by atoms with Crippen LogP contribution >= 0.6 is 15.9 Å². The van der Waals surface area contributed by atoms with E-state index in [1.165, 1.54) is 0 Å². The summed E-state index contributed by atoms with van der Waals surface area (Å²) < 4.78 is 0.809. The maximum atomic E-state index is 4.72. The van der Waals surface area contributed by atoms with Crippen molar-refractivity contribution in [3.8, 4) is 11.3 Å². The van der Waals surface area contributed by atoms with Crippen LogP contribution in [0.5, 0.6) is 0 Å². The van der Waals surface area contributed by atoms with E-state index in [2.05, 4.69) is 64.9 Å². The van der Waals surface area contributed by atoms with E-state index in [0.717, 1.165) is 32.6 Å². The Hall–Kier alpha value is -1.81. The second kappa shape index (κ2) is 5.19. The largest absolute Gasteiger partial charge is 0.256 e. The lowest BCUT2D eigenvalue weighted by Gasteiger charge is -2.17. The Morgan fingerprint density at radius 1 is 1.00 bits per heavy atom. The van der Waals surface area contributed by atoms with Crippen LogP contribution in [-0.4, -0.2) is 15.0 Å². The second-order valence-corrected chi connectivity index (χ2v) is 6.87. The molecule has 0 aliphatic heterocycles. The Kier molecular flexibility index (Phi) is 3.49. The molecule has 106 valence electrons. The number of benzene rings is 1. The number of pyridine rings is 1. The molecule has 0 saturated heterocycles. The summed E-state index contributed by atoms with van der Waals surface area (Å²) in [6.07, 6.45) is 1.81. The molecule has 4 heteroatoms. The minimum Gasteiger partial charge on any atom is -0.256 e. The number of halogens is 1. The summed E-state index contributed by atoms with van der Waals surface area (Å²) in [6, 6.07) is 12.2. The molecule has 3 rings (SSSR count). The SMILES string of the molecule is CC(C)(C)c1nc(Br)cc(-c2ccc3ncccc3c2)n1. The van der Waals surface area contributed by atoms with Crippen molar-refractivity contribution < 1.29 is 0 Å². The molecule has 0 aliphatic rings. The minimum absolute atomic E-state index is 0.0864. The minimum atomic E-state index is -0.0864. The fourth-order valence-electron chi connectivity index (χ4n) is 2.14. The molecule has 2 aromatic heterocycles. The van der Waals surface area contributed by atoms with Crippen LogP contribution in [0.4, 0.5) is 0 Å². The van der Waals surface area contributed by atoms with Crippen LogP contribution in [0.25, 0.3) is 22.2 Å². The number of nitrogens with zero attached hydrogens (tertiary/aromatic N) is 3. The molecule has 0 bridgehead atoms. The van der Waals surface area contributed by atoms with E-state index >= 15 is 0 Å². The van der Waals surface area contributed by atoms with Crippen molar-refractivity contribution in [1.82, 2.24) is 15.0 Å². The monoisotopic (exact) mass is 341 g/mol. The van der Waals surface area contributed by atoms with Crippen LogP contribution in [-0.2, 0) is 5.41 Å². The molecule has 0 fully saturated rings. The highest BCUT2D eigenvalue weighted by atomic mass is 79.9. The van der Waals surface area contributed by atoms with E-state index in [9.17, 15) is 0 Å². The molecule has 3 nitrogen and oxygen atoms in total. The quantitative estimate of drug-likeness (QED) is 0.599. The summed E-state index contributed by atoms with van der Waals surface area (Å²) >= 11 is 3.49. The van der Waals surface area contributed by atoms with E-state index in [0.29, 0.717) is 0 Å². The van der Waals surface area contributed by atoms with Gasteiger partial charge in [-0.1, -0.05) is 32.9 Å². The third kappa shape index (κ3) is 2.95. The van der Waals surface area contributed by atoms with Gasteiger partial charge in [-0.15, -0.1) is 0 Å². The van der Waals surface area contributed by atoms with Crippen molar-refractivity contribution in [2.75, 3.05) is 0 Å². The van der Waals surface area contributed by atoms with Crippen LogP contribution in [0.1, 0.15) is 26.6 Å². The van der Waals surface area contributed by atoms with Crippen molar-refractivity contribution in [3.05, 3.63) is 53.0 Å². The Morgan fingerprint density at radius 2 is 1.81 bits per heavy atom. The van der Waals surface area contributed by atoms with Gasteiger partial charge in [0.05, 0.1) is 11.2 Å². The van der Waals surface area contributed by atoms with Crippen LogP contribution < -0.4 is 0 Å². The first-order valence-corrected chi connectivity index (χ1v) is 7.63. The first-order chi connectivity index (χ1) is 9.93. The summed E-state index contributed by atoms with van der Waals surface area (Å²) in [5.41, 5.74) is 2.90. The number of aromatic nitrogens is 3. The number of fused-ring (bicyclic) bond motifs is 1. The van der Waals surface area contributed by atoms with Crippen LogP contribution in [0.3, 0.4) is 0 Å². The maximum absolute atomic E-state index is 4.72. The lowest BCUT2D eigenvalue weighted by Crippen LogP contribution is -2.16. The number of hydrogen-bond donors (Lipinski definition) is 0. The van der Waals surface area contributed by atoms with Gasteiger partial charge in [0.2, 0.25) is 0 Å². The highest BCUT2D eigenvalue weighted by molar-refractivity contribution is 9.10. The molecule has 0 atom stereocenters. The molecule has 0 spiro atoms. The highest BCUT2D eigenvalue weighted by Crippen LogP contribution is 2.27. The lowest BCUT2D eigenvalue weighted by molar-refractivity contribution is 0.544. The summed E-state index contributed by atoms with van der Waals surface area (Å²) in [6.45, 7) is 6.34. The molecule has 2 heterocycles. The van der Waals surface area contributed by atoms with E-state index in [1.807, 2.05) is 18.2 Å². The van der Waals surface area contributed by atoms with Gasteiger partial charge in [0.15, 0.2) is 0 Å². The molecule has 0 radical (unpaired) electrons. The zero-order chi connectivity index (χ0) is 15.0. The van der Waals surface area contributed by atoms with E-state index in [4.69, 9.17) is 4.98 Å². The number of hydrogen-bond acceptors (Lipinski definition) is 3. The van der Waals surface area contributed by atoms with Crippen molar-refractivity contribution in [2.45, 2.75) is 26.2 Å². The van der Waals surface area contributed by atoms with Crippen molar-refractivity contribution in [2.24, 2.45) is 0 Å².